The normalized spacial score (nSPS) is 12.4. The Kier molecular flexibility index (Phi) is 7.95. The molecule has 7 rings (SSSR count). The molecule has 0 unspecified atom stereocenters. The summed E-state index contributed by atoms with van der Waals surface area (Å²) in [5, 5.41) is 12.3. The highest BCUT2D eigenvalue weighted by molar-refractivity contribution is 6.19. The molecule has 47 heavy (non-hydrogen) atoms. The molecular weight excluding hydrogens is 571 g/mol. The lowest BCUT2D eigenvalue weighted by molar-refractivity contribution is 1.19. The highest BCUT2D eigenvalue weighted by Gasteiger charge is 2.16. The van der Waals surface area contributed by atoms with Crippen LogP contribution >= 0.6 is 0 Å². The van der Waals surface area contributed by atoms with Crippen LogP contribution in [0, 0.1) is 5.41 Å². The van der Waals surface area contributed by atoms with Gasteiger partial charge in [0.25, 0.3) is 0 Å². The number of para-hydroxylation sites is 1. The van der Waals surface area contributed by atoms with Gasteiger partial charge in [-0.2, -0.15) is 0 Å². The fraction of sp³-hybridized carbons (Fsp3) is 0.0227. The van der Waals surface area contributed by atoms with Crippen LogP contribution in [0.5, 0.6) is 0 Å². The molecule has 0 aliphatic rings. The third kappa shape index (κ3) is 5.38. The summed E-state index contributed by atoms with van der Waals surface area (Å²) in [6.07, 6.45) is 10.4. The van der Waals surface area contributed by atoms with Gasteiger partial charge in [-0.05, 0) is 99.5 Å². The minimum absolute atomic E-state index is 0.934. The predicted octanol–water partition coefficient (Wildman–Crippen LogP) is 11.4. The quantitative estimate of drug-likeness (QED) is 0.131. The molecule has 0 radical (unpaired) electrons. The lowest BCUT2D eigenvalue weighted by Gasteiger charge is -2.12. The maximum atomic E-state index is 7.43. The summed E-state index contributed by atoms with van der Waals surface area (Å²) in [5.74, 6) is 0. The van der Waals surface area contributed by atoms with Crippen molar-refractivity contribution >= 4 is 49.9 Å². The summed E-state index contributed by atoms with van der Waals surface area (Å²) < 4.78 is 2.41. The standard InChI is InChI=1S/C44H35N3/c1-3-30(24-26-45)32-10-14-34(15-11-32)36-18-21-40-38(28-36)20-23-42-41-22-19-37(35-16-12-33(13-17-35)31(4-2)25-27-46)29-43(41)47(44(40)42)39-8-6-5-7-9-39/h3-29,45H,1,46H2,2H3/b27-25-,30-24+,31-4+,45-26?. The molecule has 3 nitrogen and oxygen atoms in total. The second kappa shape index (κ2) is 12.7. The molecule has 226 valence electrons. The van der Waals surface area contributed by atoms with Crippen LogP contribution in [0.4, 0.5) is 0 Å². The van der Waals surface area contributed by atoms with Gasteiger partial charge in [0.15, 0.2) is 0 Å². The average Bonchev–Trinajstić information content (AvgIpc) is 3.47. The lowest BCUT2D eigenvalue weighted by atomic mass is 9.97. The van der Waals surface area contributed by atoms with Crippen LogP contribution in [-0.4, -0.2) is 10.8 Å². The average molecular weight is 606 g/mol. The Labute approximate surface area is 275 Å². The van der Waals surface area contributed by atoms with Crippen molar-refractivity contribution in [1.29, 1.82) is 5.41 Å². The van der Waals surface area contributed by atoms with Gasteiger partial charge >= 0.3 is 0 Å². The largest absolute Gasteiger partial charge is 0.405 e. The molecule has 0 aliphatic heterocycles. The van der Waals surface area contributed by atoms with Crippen LogP contribution in [0.25, 0.3) is 71.7 Å². The van der Waals surface area contributed by atoms with E-state index in [4.69, 9.17) is 11.1 Å². The first-order valence-electron chi connectivity index (χ1n) is 15.8. The van der Waals surface area contributed by atoms with E-state index in [1.165, 1.54) is 49.9 Å². The van der Waals surface area contributed by atoms with E-state index >= 15 is 0 Å². The summed E-state index contributed by atoms with van der Waals surface area (Å²) >= 11 is 0. The van der Waals surface area contributed by atoms with E-state index in [0.717, 1.165) is 39.1 Å². The van der Waals surface area contributed by atoms with Gasteiger partial charge in [-0.1, -0.05) is 122 Å². The number of aromatic nitrogens is 1. The minimum atomic E-state index is 0.934. The van der Waals surface area contributed by atoms with E-state index in [1.54, 1.807) is 18.4 Å². The van der Waals surface area contributed by atoms with Crippen LogP contribution < -0.4 is 5.73 Å². The number of rotatable bonds is 8. The zero-order valence-electron chi connectivity index (χ0n) is 26.3. The summed E-state index contributed by atoms with van der Waals surface area (Å²) in [6, 6.07) is 45.9. The Hall–Kier alpha value is -6.19. The van der Waals surface area contributed by atoms with Crippen molar-refractivity contribution in [2.75, 3.05) is 0 Å². The van der Waals surface area contributed by atoms with Crippen LogP contribution in [0.3, 0.4) is 0 Å². The summed E-state index contributed by atoms with van der Waals surface area (Å²) in [7, 11) is 0. The fourth-order valence-electron chi connectivity index (χ4n) is 6.59. The number of fused-ring (bicyclic) bond motifs is 5. The molecular formula is C44H35N3. The Morgan fingerprint density at radius 1 is 0.660 bits per heavy atom. The lowest BCUT2D eigenvalue weighted by Crippen LogP contribution is -1.94. The van der Waals surface area contributed by atoms with E-state index in [0.29, 0.717) is 0 Å². The zero-order chi connectivity index (χ0) is 32.3. The zero-order valence-corrected chi connectivity index (χ0v) is 26.3. The van der Waals surface area contributed by atoms with Gasteiger partial charge in [0.2, 0.25) is 0 Å². The number of hydrogen-bond acceptors (Lipinski definition) is 2. The van der Waals surface area contributed by atoms with Gasteiger partial charge in [0.1, 0.15) is 0 Å². The van der Waals surface area contributed by atoms with Gasteiger partial charge in [0, 0.05) is 28.1 Å². The molecule has 0 atom stereocenters. The number of benzene rings is 6. The van der Waals surface area contributed by atoms with Gasteiger partial charge in [-0.3, -0.25) is 0 Å². The van der Waals surface area contributed by atoms with Crippen molar-refractivity contribution in [3.05, 3.63) is 176 Å². The van der Waals surface area contributed by atoms with E-state index in [-0.39, 0.29) is 0 Å². The van der Waals surface area contributed by atoms with Crippen LogP contribution in [0.1, 0.15) is 18.1 Å². The molecule has 7 aromatic rings. The van der Waals surface area contributed by atoms with Crippen molar-refractivity contribution in [2.45, 2.75) is 6.92 Å². The van der Waals surface area contributed by atoms with Crippen molar-refractivity contribution in [3.63, 3.8) is 0 Å². The number of nitrogens with zero attached hydrogens (tertiary/aromatic N) is 1. The van der Waals surface area contributed by atoms with Crippen molar-refractivity contribution in [2.24, 2.45) is 5.73 Å². The monoisotopic (exact) mass is 605 g/mol. The topological polar surface area (TPSA) is 54.8 Å². The van der Waals surface area contributed by atoms with E-state index < -0.39 is 0 Å². The maximum Gasteiger partial charge on any atom is 0.0619 e. The Balaban J connectivity index is 1.37. The molecule has 0 aliphatic carbocycles. The van der Waals surface area contributed by atoms with E-state index in [1.807, 2.05) is 13.0 Å². The molecule has 0 fully saturated rings. The second-order valence-corrected chi connectivity index (χ2v) is 11.6. The van der Waals surface area contributed by atoms with Gasteiger partial charge in [-0.15, -0.1) is 0 Å². The number of allylic oxidation sites excluding steroid dienone is 6. The molecule has 0 saturated heterocycles. The molecule has 3 heteroatoms. The van der Waals surface area contributed by atoms with Gasteiger partial charge in [-0.25, -0.2) is 0 Å². The molecule has 0 spiro atoms. The van der Waals surface area contributed by atoms with Crippen molar-refractivity contribution in [1.82, 2.24) is 4.57 Å². The molecule has 0 bridgehead atoms. The highest BCUT2D eigenvalue weighted by Crippen LogP contribution is 2.39. The summed E-state index contributed by atoms with van der Waals surface area (Å²) in [4.78, 5) is 0. The van der Waals surface area contributed by atoms with Gasteiger partial charge < -0.3 is 15.7 Å². The Bertz CT molecular complexity index is 2370. The van der Waals surface area contributed by atoms with Crippen molar-refractivity contribution in [3.8, 4) is 27.9 Å². The first-order valence-corrected chi connectivity index (χ1v) is 15.8. The molecule has 1 aromatic heterocycles. The van der Waals surface area contributed by atoms with Crippen molar-refractivity contribution < 1.29 is 0 Å². The first kappa shape index (κ1) is 29.5. The molecule has 0 amide bonds. The maximum absolute atomic E-state index is 7.43. The smallest absolute Gasteiger partial charge is 0.0619 e. The molecule has 1 heterocycles. The summed E-state index contributed by atoms with van der Waals surface area (Å²) in [5.41, 5.74) is 18.1. The Morgan fingerprint density at radius 3 is 1.87 bits per heavy atom. The summed E-state index contributed by atoms with van der Waals surface area (Å²) in [6.45, 7) is 5.92. The van der Waals surface area contributed by atoms with Crippen LogP contribution in [-0.2, 0) is 0 Å². The van der Waals surface area contributed by atoms with Gasteiger partial charge in [0.05, 0.1) is 11.0 Å². The third-order valence-corrected chi connectivity index (χ3v) is 8.93. The Morgan fingerprint density at radius 2 is 1.26 bits per heavy atom. The third-order valence-electron chi connectivity index (χ3n) is 8.93. The highest BCUT2D eigenvalue weighted by atomic mass is 15.0. The molecule has 3 N–H and O–H groups in total. The predicted molar refractivity (Wildman–Crippen MR) is 203 cm³/mol. The fourth-order valence-corrected chi connectivity index (χ4v) is 6.59. The SMILES string of the molecule is C=C/C(=C\C=N)c1ccc(-c2ccc3c(ccc4c5ccc(-c6ccc(C(/C=C\N)=C/C)cc6)cc5n(-c5ccccc5)c34)c2)cc1. The minimum Gasteiger partial charge on any atom is -0.405 e. The number of nitrogens with two attached hydrogens (primary N) is 1. The molecule has 6 aromatic carbocycles. The second-order valence-electron chi connectivity index (χ2n) is 11.6. The van der Waals surface area contributed by atoms with Crippen LogP contribution in [0.2, 0.25) is 0 Å². The number of nitrogens with one attached hydrogen (secondary N) is 1. The van der Waals surface area contributed by atoms with Crippen LogP contribution in [0.15, 0.2) is 164 Å². The van der Waals surface area contributed by atoms with E-state index in [9.17, 15) is 0 Å². The first-order chi connectivity index (χ1) is 23.1. The molecule has 0 saturated carbocycles. The number of hydrogen-bond donors (Lipinski definition) is 2. The van der Waals surface area contributed by atoms with E-state index in [2.05, 4.69) is 145 Å².